The third-order valence-corrected chi connectivity index (χ3v) is 6.25. The summed E-state index contributed by atoms with van der Waals surface area (Å²) in [6, 6.07) is 13.3. The Labute approximate surface area is 158 Å². The van der Waals surface area contributed by atoms with Crippen molar-refractivity contribution in [3.63, 3.8) is 0 Å². The van der Waals surface area contributed by atoms with E-state index in [0.717, 1.165) is 18.8 Å². The zero-order valence-electron chi connectivity index (χ0n) is 14.3. The molecule has 1 aliphatic heterocycles. The van der Waals surface area contributed by atoms with Crippen LogP contribution in [-0.2, 0) is 14.6 Å². The summed E-state index contributed by atoms with van der Waals surface area (Å²) in [6.45, 7) is 2.09. The number of amides is 1. The number of anilines is 2. The second kappa shape index (κ2) is 8.10. The number of benzene rings is 2. The molecule has 1 aliphatic rings. The average molecular weight is 393 g/mol. The van der Waals surface area contributed by atoms with Gasteiger partial charge in [-0.2, -0.15) is 0 Å². The van der Waals surface area contributed by atoms with Crippen LogP contribution in [0.3, 0.4) is 0 Å². The monoisotopic (exact) mass is 392 g/mol. The van der Waals surface area contributed by atoms with E-state index < -0.39 is 21.5 Å². The molecular weight excluding hydrogens is 372 g/mol. The normalized spacial score (nSPS) is 14.9. The predicted molar refractivity (Wildman–Crippen MR) is 105 cm³/mol. The lowest BCUT2D eigenvalue weighted by Crippen LogP contribution is -2.29. The van der Waals surface area contributed by atoms with Crippen molar-refractivity contribution in [3.05, 3.63) is 53.6 Å². The van der Waals surface area contributed by atoms with E-state index in [2.05, 4.69) is 10.2 Å². The first kappa shape index (κ1) is 18.7. The number of carbonyl (C=O) groups excluding carboxylic acids is 1. The summed E-state index contributed by atoms with van der Waals surface area (Å²) in [5.74, 6) is -1.17. The zero-order valence-corrected chi connectivity index (χ0v) is 15.9. The molecule has 1 N–H and O–H groups in total. The van der Waals surface area contributed by atoms with Gasteiger partial charge in [-0.3, -0.25) is 4.79 Å². The predicted octanol–water partition coefficient (Wildman–Crippen LogP) is 3.74. The van der Waals surface area contributed by atoms with E-state index in [1.165, 1.54) is 43.5 Å². The van der Waals surface area contributed by atoms with Gasteiger partial charge in [0.05, 0.1) is 4.90 Å². The van der Waals surface area contributed by atoms with Gasteiger partial charge in [0.2, 0.25) is 5.91 Å². The number of nitrogens with one attached hydrogen (secondary N) is 1. The van der Waals surface area contributed by atoms with Crippen LogP contribution < -0.4 is 10.2 Å². The topological polar surface area (TPSA) is 66.5 Å². The minimum atomic E-state index is -3.70. The molecule has 7 heteroatoms. The number of carbonyl (C=O) groups is 1. The highest BCUT2D eigenvalue weighted by Gasteiger charge is 2.19. The largest absolute Gasteiger partial charge is 0.372 e. The average Bonchev–Trinajstić information content (AvgIpc) is 2.63. The van der Waals surface area contributed by atoms with Gasteiger partial charge in [0.25, 0.3) is 0 Å². The summed E-state index contributed by atoms with van der Waals surface area (Å²) in [7, 11) is -3.70. The number of hydrogen-bond donors (Lipinski definition) is 1. The van der Waals surface area contributed by atoms with Crippen LogP contribution in [0.25, 0.3) is 0 Å². The lowest BCUT2D eigenvalue weighted by Gasteiger charge is -2.28. The summed E-state index contributed by atoms with van der Waals surface area (Å²) in [5.41, 5.74) is 1.71. The van der Waals surface area contributed by atoms with Crippen molar-refractivity contribution < 1.29 is 13.2 Å². The Morgan fingerprint density at radius 2 is 1.58 bits per heavy atom. The van der Waals surface area contributed by atoms with Gasteiger partial charge in [-0.15, -0.1) is 0 Å². The molecule has 138 valence electrons. The maximum atomic E-state index is 12.3. The molecule has 1 saturated heterocycles. The second-order valence-electron chi connectivity index (χ2n) is 6.36. The van der Waals surface area contributed by atoms with Crippen molar-refractivity contribution in [1.82, 2.24) is 0 Å². The molecule has 1 amide bonds. The minimum absolute atomic E-state index is 0.0810. The van der Waals surface area contributed by atoms with E-state index in [9.17, 15) is 13.2 Å². The van der Waals surface area contributed by atoms with Crippen molar-refractivity contribution in [2.75, 3.05) is 29.1 Å². The third kappa shape index (κ3) is 4.77. The SMILES string of the molecule is O=C(CS(=O)(=O)c1ccc(Cl)cc1)Nc1ccc(N2CCCCC2)cc1. The Hall–Kier alpha value is -2.05. The number of rotatable bonds is 5. The Morgan fingerprint density at radius 3 is 2.19 bits per heavy atom. The zero-order chi connectivity index (χ0) is 18.6. The Morgan fingerprint density at radius 1 is 0.962 bits per heavy atom. The lowest BCUT2D eigenvalue weighted by molar-refractivity contribution is -0.113. The van der Waals surface area contributed by atoms with E-state index in [1.807, 2.05) is 12.1 Å². The molecule has 0 bridgehead atoms. The highest BCUT2D eigenvalue weighted by atomic mass is 35.5. The molecule has 0 saturated carbocycles. The molecule has 26 heavy (non-hydrogen) atoms. The highest BCUT2D eigenvalue weighted by Crippen LogP contribution is 2.22. The molecule has 0 radical (unpaired) electrons. The summed E-state index contributed by atoms with van der Waals surface area (Å²) < 4.78 is 24.6. The fourth-order valence-corrected chi connectivity index (χ4v) is 4.26. The van der Waals surface area contributed by atoms with Crippen molar-refractivity contribution in [3.8, 4) is 0 Å². The first-order valence-electron chi connectivity index (χ1n) is 8.57. The van der Waals surface area contributed by atoms with Crippen molar-refractivity contribution in [2.45, 2.75) is 24.2 Å². The number of piperidine rings is 1. The van der Waals surface area contributed by atoms with Gasteiger partial charge < -0.3 is 10.2 Å². The van der Waals surface area contributed by atoms with Crippen LogP contribution in [0.15, 0.2) is 53.4 Å². The number of sulfone groups is 1. The maximum absolute atomic E-state index is 12.3. The molecule has 2 aromatic carbocycles. The second-order valence-corrected chi connectivity index (χ2v) is 8.78. The molecule has 0 atom stereocenters. The number of nitrogens with zero attached hydrogens (tertiary/aromatic N) is 1. The molecule has 3 rings (SSSR count). The van der Waals surface area contributed by atoms with Gasteiger partial charge in [0.15, 0.2) is 9.84 Å². The van der Waals surface area contributed by atoms with E-state index in [-0.39, 0.29) is 4.90 Å². The number of hydrogen-bond acceptors (Lipinski definition) is 4. The standard InChI is InChI=1S/C19H21ClN2O3S/c20-15-4-10-18(11-5-15)26(24,25)14-19(23)21-16-6-8-17(9-7-16)22-12-2-1-3-13-22/h4-11H,1-3,12-14H2,(H,21,23). The van der Waals surface area contributed by atoms with E-state index >= 15 is 0 Å². The van der Waals surface area contributed by atoms with Crippen molar-refractivity contribution >= 4 is 38.7 Å². The molecule has 5 nitrogen and oxygen atoms in total. The van der Waals surface area contributed by atoms with Crippen molar-refractivity contribution in [2.24, 2.45) is 0 Å². The van der Waals surface area contributed by atoms with Gasteiger partial charge in [-0.05, 0) is 67.8 Å². The van der Waals surface area contributed by atoms with Crippen molar-refractivity contribution in [1.29, 1.82) is 0 Å². The Kier molecular flexibility index (Phi) is 5.84. The van der Waals surface area contributed by atoms with Crippen LogP contribution in [0.1, 0.15) is 19.3 Å². The van der Waals surface area contributed by atoms with E-state index in [1.54, 1.807) is 12.1 Å². The van der Waals surface area contributed by atoms with Gasteiger partial charge in [0.1, 0.15) is 5.75 Å². The van der Waals surface area contributed by atoms with Crippen LogP contribution in [-0.4, -0.2) is 33.2 Å². The van der Waals surface area contributed by atoms with Gasteiger partial charge in [-0.25, -0.2) is 8.42 Å². The molecule has 1 fully saturated rings. The molecular formula is C19H21ClN2O3S. The fraction of sp³-hybridized carbons (Fsp3) is 0.316. The first-order valence-corrected chi connectivity index (χ1v) is 10.6. The van der Waals surface area contributed by atoms with Crippen LogP contribution >= 0.6 is 11.6 Å². The van der Waals surface area contributed by atoms with E-state index in [0.29, 0.717) is 10.7 Å². The molecule has 0 unspecified atom stereocenters. The summed E-state index contributed by atoms with van der Waals surface area (Å²) in [4.78, 5) is 14.5. The minimum Gasteiger partial charge on any atom is -0.372 e. The quantitative estimate of drug-likeness (QED) is 0.841. The molecule has 0 aliphatic carbocycles. The van der Waals surface area contributed by atoms with Gasteiger partial charge in [-0.1, -0.05) is 11.6 Å². The Balaban J connectivity index is 1.61. The summed E-state index contributed by atoms with van der Waals surface area (Å²) in [5, 5.41) is 3.09. The maximum Gasteiger partial charge on any atom is 0.239 e. The first-order chi connectivity index (χ1) is 12.4. The number of halogens is 1. The van der Waals surface area contributed by atoms with Gasteiger partial charge in [0, 0.05) is 29.5 Å². The van der Waals surface area contributed by atoms with E-state index in [4.69, 9.17) is 11.6 Å². The lowest BCUT2D eigenvalue weighted by atomic mass is 10.1. The molecule has 0 aromatic heterocycles. The van der Waals surface area contributed by atoms with Crippen LogP contribution in [0, 0.1) is 0 Å². The van der Waals surface area contributed by atoms with Crippen LogP contribution in [0.5, 0.6) is 0 Å². The Bertz CT molecular complexity index is 859. The summed E-state index contributed by atoms with van der Waals surface area (Å²) in [6.07, 6.45) is 3.66. The molecule has 1 heterocycles. The fourth-order valence-electron chi connectivity index (χ4n) is 3.00. The molecule has 0 spiro atoms. The van der Waals surface area contributed by atoms with Crippen LogP contribution in [0.2, 0.25) is 5.02 Å². The highest BCUT2D eigenvalue weighted by molar-refractivity contribution is 7.92. The smallest absolute Gasteiger partial charge is 0.239 e. The van der Waals surface area contributed by atoms with Crippen LogP contribution in [0.4, 0.5) is 11.4 Å². The summed E-state index contributed by atoms with van der Waals surface area (Å²) >= 11 is 5.77. The third-order valence-electron chi connectivity index (χ3n) is 4.37. The van der Waals surface area contributed by atoms with Gasteiger partial charge >= 0.3 is 0 Å². The molecule has 2 aromatic rings.